The van der Waals surface area contributed by atoms with Crippen LogP contribution < -0.4 is 5.32 Å². The summed E-state index contributed by atoms with van der Waals surface area (Å²) in [6, 6.07) is 11.5. The Labute approximate surface area is 137 Å². The topological polar surface area (TPSA) is 46.9 Å². The zero-order valence-electron chi connectivity index (χ0n) is 11.7. The van der Waals surface area contributed by atoms with Gasteiger partial charge in [0, 0.05) is 29.3 Å². The van der Waals surface area contributed by atoms with Crippen molar-refractivity contribution in [3.63, 3.8) is 0 Å². The first-order valence-electron chi connectivity index (χ1n) is 6.84. The van der Waals surface area contributed by atoms with Gasteiger partial charge in [0.05, 0.1) is 0 Å². The van der Waals surface area contributed by atoms with Crippen LogP contribution >= 0.6 is 22.9 Å². The number of halogens is 1. The molecular formula is C16H14ClN3OS. The molecule has 0 saturated carbocycles. The lowest BCUT2D eigenvalue weighted by molar-refractivity contribution is 0.0950. The summed E-state index contributed by atoms with van der Waals surface area (Å²) >= 11 is 7.29. The van der Waals surface area contributed by atoms with Gasteiger partial charge in [0.1, 0.15) is 5.69 Å². The number of thiazole rings is 1. The van der Waals surface area contributed by atoms with Crippen LogP contribution in [0.15, 0.2) is 54.2 Å². The average Bonchev–Trinajstić information content (AvgIpc) is 3.20. The minimum atomic E-state index is -0.149. The molecule has 6 heteroatoms. The molecule has 0 radical (unpaired) electrons. The molecule has 112 valence electrons. The van der Waals surface area contributed by atoms with E-state index in [1.807, 2.05) is 53.4 Å². The van der Waals surface area contributed by atoms with Crippen LogP contribution in [0.2, 0.25) is 5.02 Å². The van der Waals surface area contributed by atoms with E-state index in [1.54, 1.807) is 5.38 Å². The SMILES string of the molecule is O=C(NCCc1ccc(Cl)cc1)c1csc(-n2cccc2)n1. The summed E-state index contributed by atoms with van der Waals surface area (Å²) < 4.78 is 1.88. The summed E-state index contributed by atoms with van der Waals surface area (Å²) in [5.74, 6) is -0.149. The molecular weight excluding hydrogens is 318 g/mol. The fourth-order valence-electron chi connectivity index (χ4n) is 2.01. The molecule has 0 bridgehead atoms. The van der Waals surface area contributed by atoms with Gasteiger partial charge in [-0.2, -0.15) is 0 Å². The molecule has 0 aliphatic rings. The first-order valence-corrected chi connectivity index (χ1v) is 8.09. The van der Waals surface area contributed by atoms with Crippen LogP contribution in [0.4, 0.5) is 0 Å². The normalized spacial score (nSPS) is 10.6. The Kier molecular flexibility index (Phi) is 4.56. The third kappa shape index (κ3) is 3.55. The number of nitrogens with one attached hydrogen (secondary N) is 1. The summed E-state index contributed by atoms with van der Waals surface area (Å²) in [4.78, 5) is 16.4. The van der Waals surface area contributed by atoms with E-state index in [0.29, 0.717) is 17.3 Å². The van der Waals surface area contributed by atoms with Crippen LogP contribution in [0.3, 0.4) is 0 Å². The van der Waals surface area contributed by atoms with Gasteiger partial charge in [-0.15, -0.1) is 11.3 Å². The fourth-order valence-corrected chi connectivity index (χ4v) is 2.91. The van der Waals surface area contributed by atoms with E-state index in [-0.39, 0.29) is 5.91 Å². The number of hydrogen-bond donors (Lipinski definition) is 1. The third-order valence-electron chi connectivity index (χ3n) is 3.16. The highest BCUT2D eigenvalue weighted by atomic mass is 35.5. The Morgan fingerprint density at radius 2 is 1.95 bits per heavy atom. The summed E-state index contributed by atoms with van der Waals surface area (Å²) in [6.07, 6.45) is 4.57. The maximum atomic E-state index is 12.1. The van der Waals surface area contributed by atoms with Gasteiger partial charge in [0.25, 0.3) is 5.91 Å². The molecule has 1 aromatic carbocycles. The van der Waals surface area contributed by atoms with Crippen LogP contribution in [-0.2, 0) is 6.42 Å². The number of carbonyl (C=O) groups excluding carboxylic acids is 1. The van der Waals surface area contributed by atoms with Crippen molar-refractivity contribution in [3.8, 4) is 5.13 Å². The van der Waals surface area contributed by atoms with Gasteiger partial charge in [-0.1, -0.05) is 23.7 Å². The number of benzene rings is 1. The van der Waals surface area contributed by atoms with Crippen LogP contribution in [0, 0.1) is 0 Å². The second-order valence-electron chi connectivity index (χ2n) is 4.74. The predicted molar refractivity (Wildman–Crippen MR) is 88.9 cm³/mol. The zero-order valence-corrected chi connectivity index (χ0v) is 13.3. The predicted octanol–water partition coefficient (Wildman–Crippen LogP) is 3.56. The molecule has 2 aromatic heterocycles. The van der Waals surface area contributed by atoms with E-state index in [1.165, 1.54) is 11.3 Å². The fraction of sp³-hybridized carbons (Fsp3) is 0.125. The Hall–Kier alpha value is -2.11. The van der Waals surface area contributed by atoms with Crippen molar-refractivity contribution >= 4 is 28.8 Å². The molecule has 0 fully saturated rings. The molecule has 2 heterocycles. The molecule has 1 N–H and O–H groups in total. The van der Waals surface area contributed by atoms with Gasteiger partial charge >= 0.3 is 0 Å². The zero-order chi connectivity index (χ0) is 15.4. The first kappa shape index (κ1) is 14.8. The van der Waals surface area contributed by atoms with E-state index < -0.39 is 0 Å². The van der Waals surface area contributed by atoms with Crippen LogP contribution in [0.25, 0.3) is 5.13 Å². The van der Waals surface area contributed by atoms with Crippen molar-refractivity contribution < 1.29 is 4.79 Å². The molecule has 0 atom stereocenters. The van der Waals surface area contributed by atoms with Crippen LogP contribution in [0.5, 0.6) is 0 Å². The maximum Gasteiger partial charge on any atom is 0.270 e. The standard InChI is InChI=1S/C16H14ClN3OS/c17-13-5-3-12(4-6-13)7-8-18-15(21)14-11-22-16(19-14)20-9-1-2-10-20/h1-6,9-11H,7-8H2,(H,18,21). The molecule has 0 unspecified atom stereocenters. The van der Waals surface area contributed by atoms with Crippen molar-refractivity contribution in [2.75, 3.05) is 6.54 Å². The Balaban J connectivity index is 1.55. The number of amides is 1. The van der Waals surface area contributed by atoms with E-state index in [2.05, 4.69) is 10.3 Å². The van der Waals surface area contributed by atoms with Crippen molar-refractivity contribution in [3.05, 3.63) is 70.5 Å². The van der Waals surface area contributed by atoms with E-state index in [9.17, 15) is 4.79 Å². The van der Waals surface area contributed by atoms with Crippen molar-refractivity contribution in [1.29, 1.82) is 0 Å². The molecule has 3 aromatic rings. The van der Waals surface area contributed by atoms with Crippen molar-refractivity contribution in [2.45, 2.75) is 6.42 Å². The van der Waals surface area contributed by atoms with E-state index in [0.717, 1.165) is 17.1 Å². The highest BCUT2D eigenvalue weighted by Crippen LogP contribution is 2.15. The molecule has 0 aliphatic heterocycles. The molecule has 0 aliphatic carbocycles. The quantitative estimate of drug-likeness (QED) is 0.777. The highest BCUT2D eigenvalue weighted by Gasteiger charge is 2.10. The van der Waals surface area contributed by atoms with Gasteiger partial charge in [-0.05, 0) is 36.2 Å². The first-order chi connectivity index (χ1) is 10.7. The number of rotatable bonds is 5. The monoisotopic (exact) mass is 331 g/mol. The molecule has 4 nitrogen and oxygen atoms in total. The summed E-state index contributed by atoms with van der Waals surface area (Å²) in [7, 11) is 0. The van der Waals surface area contributed by atoms with Crippen LogP contribution in [-0.4, -0.2) is 22.0 Å². The molecule has 3 rings (SSSR count). The minimum absolute atomic E-state index is 0.149. The maximum absolute atomic E-state index is 12.1. The average molecular weight is 332 g/mol. The van der Waals surface area contributed by atoms with Gasteiger partial charge < -0.3 is 9.88 Å². The summed E-state index contributed by atoms with van der Waals surface area (Å²) in [5, 5.41) is 6.16. The van der Waals surface area contributed by atoms with Gasteiger partial charge in [-0.3, -0.25) is 4.79 Å². The number of carbonyl (C=O) groups is 1. The van der Waals surface area contributed by atoms with Gasteiger partial charge in [0.2, 0.25) is 0 Å². The molecule has 22 heavy (non-hydrogen) atoms. The van der Waals surface area contributed by atoms with Gasteiger partial charge in [0.15, 0.2) is 5.13 Å². The number of hydrogen-bond acceptors (Lipinski definition) is 3. The highest BCUT2D eigenvalue weighted by molar-refractivity contribution is 7.12. The largest absolute Gasteiger partial charge is 0.350 e. The van der Waals surface area contributed by atoms with Gasteiger partial charge in [-0.25, -0.2) is 4.98 Å². The Morgan fingerprint density at radius 3 is 2.68 bits per heavy atom. The third-order valence-corrected chi connectivity index (χ3v) is 4.27. The number of aromatic nitrogens is 2. The molecule has 0 spiro atoms. The summed E-state index contributed by atoms with van der Waals surface area (Å²) in [5.41, 5.74) is 1.58. The summed E-state index contributed by atoms with van der Waals surface area (Å²) in [6.45, 7) is 0.566. The van der Waals surface area contributed by atoms with Crippen molar-refractivity contribution in [1.82, 2.24) is 14.9 Å². The smallest absolute Gasteiger partial charge is 0.270 e. The minimum Gasteiger partial charge on any atom is -0.350 e. The second kappa shape index (κ2) is 6.77. The van der Waals surface area contributed by atoms with E-state index >= 15 is 0 Å². The number of nitrogens with zero attached hydrogens (tertiary/aromatic N) is 2. The Bertz CT molecular complexity index is 750. The lowest BCUT2D eigenvalue weighted by Crippen LogP contribution is -2.26. The lowest BCUT2D eigenvalue weighted by Gasteiger charge is -2.03. The Morgan fingerprint density at radius 1 is 1.23 bits per heavy atom. The second-order valence-corrected chi connectivity index (χ2v) is 6.01. The van der Waals surface area contributed by atoms with Crippen molar-refractivity contribution in [2.24, 2.45) is 0 Å². The van der Waals surface area contributed by atoms with E-state index in [4.69, 9.17) is 11.6 Å². The molecule has 0 saturated heterocycles. The molecule has 1 amide bonds. The lowest BCUT2D eigenvalue weighted by atomic mass is 10.1. The van der Waals surface area contributed by atoms with Crippen LogP contribution in [0.1, 0.15) is 16.1 Å².